The minimum Gasteiger partial charge on any atom is -0.394 e. The van der Waals surface area contributed by atoms with E-state index in [4.69, 9.17) is 0 Å². The molecule has 0 aromatic rings. The van der Waals surface area contributed by atoms with Crippen molar-refractivity contribution in [1.29, 1.82) is 0 Å². The molecular weight excluding hydrogens is 891 g/mol. The third-order valence-corrected chi connectivity index (χ3v) is 15.9. The number of rotatable bonds is 63. The van der Waals surface area contributed by atoms with Gasteiger partial charge in [-0.05, 0) is 51.4 Å². The molecule has 0 aliphatic rings. The largest absolute Gasteiger partial charge is 0.394 e. The summed E-state index contributed by atoms with van der Waals surface area (Å²) < 4.78 is 0. The number of unbranched alkanes of at least 4 members (excludes halogenated alkanes) is 52. The van der Waals surface area contributed by atoms with Crippen molar-refractivity contribution in [2.45, 2.75) is 392 Å². The van der Waals surface area contributed by atoms with Gasteiger partial charge in [0.25, 0.3) is 0 Å². The summed E-state index contributed by atoms with van der Waals surface area (Å²) in [5.41, 5.74) is 0. The van der Waals surface area contributed by atoms with Crippen LogP contribution in [0.5, 0.6) is 0 Å². The zero-order valence-electron chi connectivity index (χ0n) is 49.9. The summed E-state index contributed by atoms with van der Waals surface area (Å²) in [4.78, 5) is 12.5. The Morgan fingerprint density at radius 1 is 0.329 bits per heavy atom. The molecule has 0 spiro atoms. The Hall–Kier alpha value is -1.39. The molecule has 0 heterocycles. The predicted octanol–water partition coefficient (Wildman–Crippen LogP) is 22.8. The summed E-state index contributed by atoms with van der Waals surface area (Å²) in [5.74, 6) is -0.0556. The molecule has 1 amide bonds. The van der Waals surface area contributed by atoms with Gasteiger partial charge in [-0.1, -0.05) is 359 Å². The number of nitrogens with one attached hydrogen (secondary N) is 1. The van der Waals surface area contributed by atoms with E-state index in [0.29, 0.717) is 6.42 Å². The van der Waals surface area contributed by atoms with Crippen molar-refractivity contribution in [3.05, 3.63) is 36.5 Å². The summed E-state index contributed by atoms with van der Waals surface area (Å²) in [6.07, 6.45) is 89.4. The smallest absolute Gasteiger partial charge is 0.220 e. The van der Waals surface area contributed by atoms with E-state index in [1.54, 1.807) is 6.08 Å². The number of hydrogen-bond donors (Lipinski definition) is 3. The van der Waals surface area contributed by atoms with Crippen molar-refractivity contribution in [2.75, 3.05) is 6.61 Å². The van der Waals surface area contributed by atoms with Gasteiger partial charge in [-0.2, -0.15) is 0 Å². The topological polar surface area (TPSA) is 69.6 Å². The molecule has 432 valence electrons. The van der Waals surface area contributed by atoms with Crippen LogP contribution >= 0.6 is 0 Å². The molecule has 4 heteroatoms. The van der Waals surface area contributed by atoms with Crippen LogP contribution in [0.2, 0.25) is 0 Å². The molecule has 0 fully saturated rings. The monoisotopic (exact) mass is 1020 g/mol. The third kappa shape index (κ3) is 61.3. The summed E-state index contributed by atoms with van der Waals surface area (Å²) >= 11 is 0. The number of amides is 1. The highest BCUT2D eigenvalue weighted by Gasteiger charge is 2.18. The van der Waals surface area contributed by atoms with Crippen LogP contribution < -0.4 is 5.32 Å². The fourth-order valence-electron chi connectivity index (χ4n) is 10.7. The van der Waals surface area contributed by atoms with Crippen molar-refractivity contribution in [1.82, 2.24) is 5.32 Å². The van der Waals surface area contributed by atoms with Gasteiger partial charge in [0.2, 0.25) is 5.91 Å². The summed E-state index contributed by atoms with van der Waals surface area (Å²) in [6, 6.07) is -0.620. The van der Waals surface area contributed by atoms with E-state index in [-0.39, 0.29) is 12.5 Å². The first-order valence-electron chi connectivity index (χ1n) is 33.7. The molecule has 73 heavy (non-hydrogen) atoms. The van der Waals surface area contributed by atoms with Gasteiger partial charge in [0.15, 0.2) is 0 Å². The van der Waals surface area contributed by atoms with E-state index < -0.39 is 12.1 Å². The lowest BCUT2D eigenvalue weighted by Crippen LogP contribution is -2.45. The molecule has 0 saturated heterocycles. The van der Waals surface area contributed by atoms with Crippen molar-refractivity contribution in [3.63, 3.8) is 0 Å². The van der Waals surface area contributed by atoms with Gasteiger partial charge in [0.05, 0.1) is 18.8 Å². The van der Waals surface area contributed by atoms with Crippen molar-refractivity contribution in [3.8, 4) is 0 Å². The first-order chi connectivity index (χ1) is 36.2. The molecule has 4 nitrogen and oxygen atoms in total. The molecule has 0 aliphatic carbocycles. The average Bonchev–Trinajstić information content (AvgIpc) is 3.40. The lowest BCUT2D eigenvalue weighted by Gasteiger charge is -2.20. The molecule has 0 saturated carbocycles. The molecule has 0 aromatic carbocycles. The molecule has 0 bridgehead atoms. The Balaban J connectivity index is 3.38. The number of allylic oxidation sites excluding steroid dienone is 5. The van der Waals surface area contributed by atoms with Crippen LogP contribution in [-0.4, -0.2) is 34.9 Å². The summed E-state index contributed by atoms with van der Waals surface area (Å²) in [7, 11) is 0. The highest BCUT2D eigenvalue weighted by molar-refractivity contribution is 5.76. The minimum absolute atomic E-state index is 0.0556. The lowest BCUT2D eigenvalue weighted by atomic mass is 10.0. The van der Waals surface area contributed by atoms with Gasteiger partial charge in [0.1, 0.15) is 0 Å². The maximum atomic E-state index is 12.5. The average molecular weight is 1020 g/mol. The summed E-state index contributed by atoms with van der Waals surface area (Å²) in [5, 5.41) is 23.2. The molecule has 0 aromatic heterocycles. The lowest BCUT2D eigenvalue weighted by molar-refractivity contribution is -0.123. The molecule has 2 atom stereocenters. The zero-order chi connectivity index (χ0) is 52.7. The molecule has 2 unspecified atom stereocenters. The van der Waals surface area contributed by atoms with Crippen molar-refractivity contribution < 1.29 is 15.0 Å². The number of hydrogen-bond acceptors (Lipinski definition) is 3. The van der Waals surface area contributed by atoms with E-state index in [1.807, 2.05) is 6.08 Å². The van der Waals surface area contributed by atoms with Crippen LogP contribution in [0.3, 0.4) is 0 Å². The van der Waals surface area contributed by atoms with E-state index >= 15 is 0 Å². The van der Waals surface area contributed by atoms with E-state index in [1.165, 1.54) is 327 Å². The van der Waals surface area contributed by atoms with E-state index in [2.05, 4.69) is 43.5 Å². The molecule has 3 N–H and O–H groups in total. The first-order valence-corrected chi connectivity index (χ1v) is 33.7. The zero-order valence-corrected chi connectivity index (χ0v) is 49.9. The number of carbonyl (C=O) groups excluding carboxylic acids is 1. The number of aliphatic hydroxyl groups is 2. The highest BCUT2D eigenvalue weighted by Crippen LogP contribution is 2.19. The second-order valence-corrected chi connectivity index (χ2v) is 23.2. The minimum atomic E-state index is -0.838. The van der Waals surface area contributed by atoms with Gasteiger partial charge < -0.3 is 15.5 Å². The molecule has 0 radical (unpaired) electrons. The van der Waals surface area contributed by atoms with Crippen LogP contribution in [-0.2, 0) is 4.79 Å². The maximum absolute atomic E-state index is 12.5. The second-order valence-electron chi connectivity index (χ2n) is 23.2. The van der Waals surface area contributed by atoms with Gasteiger partial charge in [0, 0.05) is 6.42 Å². The van der Waals surface area contributed by atoms with Crippen LogP contribution in [0, 0.1) is 0 Å². The van der Waals surface area contributed by atoms with Crippen molar-refractivity contribution >= 4 is 5.91 Å². The quantitative estimate of drug-likeness (QED) is 0.0420. The number of carbonyl (C=O) groups is 1. The van der Waals surface area contributed by atoms with Gasteiger partial charge in [-0.15, -0.1) is 0 Å². The normalized spacial score (nSPS) is 12.9. The van der Waals surface area contributed by atoms with Crippen LogP contribution in [0.1, 0.15) is 380 Å². The van der Waals surface area contributed by atoms with Crippen LogP contribution in [0.4, 0.5) is 0 Å². The van der Waals surface area contributed by atoms with Crippen LogP contribution in [0.15, 0.2) is 36.5 Å². The van der Waals surface area contributed by atoms with Gasteiger partial charge in [-0.3, -0.25) is 4.79 Å². The Morgan fingerprint density at radius 3 is 0.822 bits per heavy atom. The fraction of sp³-hybridized carbons (Fsp3) is 0.899. The third-order valence-electron chi connectivity index (χ3n) is 15.9. The van der Waals surface area contributed by atoms with E-state index in [0.717, 1.165) is 32.1 Å². The highest BCUT2D eigenvalue weighted by atomic mass is 16.3. The Morgan fingerprint density at radius 2 is 0.562 bits per heavy atom. The first kappa shape index (κ1) is 71.6. The SMILES string of the molecule is CCCCCCC/C=C\C/C=C\CCCCCCCCCCCCCCCCCCCCCCCCCCCCCCCC(=O)NC(CO)C(O)/C=C/CCCCCCCCCCCCCCCCCCCC. The van der Waals surface area contributed by atoms with Gasteiger partial charge >= 0.3 is 0 Å². The molecule has 0 rings (SSSR count). The summed E-state index contributed by atoms with van der Waals surface area (Å²) in [6.45, 7) is 4.34. The van der Waals surface area contributed by atoms with E-state index in [9.17, 15) is 15.0 Å². The second kappa shape index (κ2) is 64.9. The molecule has 0 aliphatic heterocycles. The fourth-order valence-corrected chi connectivity index (χ4v) is 10.7. The predicted molar refractivity (Wildman–Crippen MR) is 327 cm³/mol. The molecular formula is C69H133NO3. The Kier molecular flexibility index (Phi) is 63.7. The standard InChI is InChI=1S/C69H133NO3/c1-3-5-7-9-11-13-15-17-19-21-23-25-26-27-28-29-30-31-32-33-34-35-36-37-38-39-40-41-42-43-44-45-47-49-51-53-55-57-59-61-63-65-69(73)70-67(66-71)68(72)64-62-60-58-56-54-52-50-48-46-24-22-20-18-16-14-12-10-8-6-4-2/h15,17,21,23,62,64,67-68,71-72H,3-14,16,18-20,22,24-61,63,65-66H2,1-2H3,(H,70,73)/b17-15-,23-21-,64-62+. The Labute approximate surface area is 459 Å². The van der Waals surface area contributed by atoms with Gasteiger partial charge in [-0.25, -0.2) is 0 Å². The van der Waals surface area contributed by atoms with Crippen molar-refractivity contribution in [2.24, 2.45) is 0 Å². The van der Waals surface area contributed by atoms with Crippen LogP contribution in [0.25, 0.3) is 0 Å². The maximum Gasteiger partial charge on any atom is 0.220 e. The Bertz CT molecular complexity index is 1110. The number of aliphatic hydroxyl groups excluding tert-OH is 2.